The maximum atomic E-state index is 10.9. The number of hydrogen-bond acceptors (Lipinski definition) is 5. The van der Waals surface area contributed by atoms with Gasteiger partial charge in [-0.05, 0) is 72.6 Å². The molecule has 1 aliphatic heterocycles. The fraction of sp³-hybridized carbons (Fsp3) is 0.292. The minimum Gasteiger partial charge on any atom is -0.491 e. The lowest BCUT2D eigenvalue weighted by atomic mass is 10.1. The zero-order valence-electron chi connectivity index (χ0n) is 17.0. The molecule has 0 radical (unpaired) electrons. The summed E-state index contributed by atoms with van der Waals surface area (Å²) in [5.41, 5.74) is 1.26. The number of hydrogen-bond donors (Lipinski definition) is 1. The molecule has 1 atom stereocenters. The third kappa shape index (κ3) is 4.90. The molecule has 1 N–H and O–H groups in total. The van der Waals surface area contributed by atoms with Gasteiger partial charge in [0.25, 0.3) is 0 Å². The van der Waals surface area contributed by atoms with E-state index in [1.807, 2.05) is 44.2 Å². The van der Waals surface area contributed by atoms with Gasteiger partial charge >= 0.3 is 5.97 Å². The predicted octanol–water partition coefficient (Wildman–Crippen LogP) is 4.65. The molecule has 6 nitrogen and oxygen atoms in total. The number of carboxylic acid groups (broad SMARTS) is 1. The van der Waals surface area contributed by atoms with Crippen LogP contribution in [0, 0.1) is 0 Å². The van der Waals surface area contributed by atoms with Crippen molar-refractivity contribution in [3.8, 4) is 11.5 Å². The van der Waals surface area contributed by atoms with E-state index in [0.717, 1.165) is 22.1 Å². The Bertz CT molecular complexity index is 1040. The van der Waals surface area contributed by atoms with Crippen LogP contribution in [0.5, 0.6) is 11.5 Å². The van der Waals surface area contributed by atoms with E-state index in [4.69, 9.17) is 24.1 Å². The van der Waals surface area contributed by atoms with E-state index in [9.17, 15) is 4.79 Å². The first-order valence-corrected chi connectivity index (χ1v) is 9.81. The van der Waals surface area contributed by atoms with E-state index in [-0.39, 0.29) is 11.7 Å². The molecule has 1 aliphatic rings. The number of aromatic carboxylic acids is 1. The standard InChI is InChI=1S/C24H24O6/c1-24(2)29-15-22(30-24)14-28-21-10-7-18-11-16(3-4-19(18)12-21)13-27-20-8-5-17(6-9-20)23(25)26/h3-12,22H,13-15H2,1-2H3,(H,25,26). The second-order valence-corrected chi connectivity index (χ2v) is 7.72. The predicted molar refractivity (Wildman–Crippen MR) is 112 cm³/mol. The van der Waals surface area contributed by atoms with Crippen LogP contribution in [0.4, 0.5) is 0 Å². The molecular formula is C24H24O6. The van der Waals surface area contributed by atoms with Gasteiger partial charge in [0.15, 0.2) is 5.79 Å². The van der Waals surface area contributed by atoms with Crippen molar-refractivity contribution < 1.29 is 28.8 Å². The Kier molecular flexibility index (Phi) is 5.61. The van der Waals surface area contributed by atoms with Crippen molar-refractivity contribution in [1.82, 2.24) is 0 Å². The number of carboxylic acids is 1. The van der Waals surface area contributed by atoms with Crippen LogP contribution >= 0.6 is 0 Å². The van der Waals surface area contributed by atoms with Gasteiger partial charge in [-0.1, -0.05) is 18.2 Å². The Balaban J connectivity index is 1.36. The summed E-state index contributed by atoms with van der Waals surface area (Å²) < 4.78 is 23.0. The molecular weight excluding hydrogens is 384 g/mol. The minimum absolute atomic E-state index is 0.0696. The summed E-state index contributed by atoms with van der Waals surface area (Å²) >= 11 is 0. The van der Waals surface area contributed by atoms with Crippen molar-refractivity contribution in [3.05, 3.63) is 71.8 Å². The molecule has 3 aromatic rings. The summed E-state index contributed by atoms with van der Waals surface area (Å²) in [7, 11) is 0. The third-order valence-electron chi connectivity index (χ3n) is 4.89. The molecule has 1 unspecified atom stereocenters. The summed E-state index contributed by atoms with van der Waals surface area (Å²) in [6.45, 7) is 5.17. The topological polar surface area (TPSA) is 74.2 Å². The molecule has 0 bridgehead atoms. The first kappa shape index (κ1) is 20.2. The van der Waals surface area contributed by atoms with Gasteiger partial charge < -0.3 is 24.1 Å². The fourth-order valence-electron chi connectivity index (χ4n) is 3.35. The second-order valence-electron chi connectivity index (χ2n) is 7.72. The highest BCUT2D eigenvalue weighted by Gasteiger charge is 2.32. The van der Waals surface area contributed by atoms with Crippen molar-refractivity contribution in [2.75, 3.05) is 13.2 Å². The lowest BCUT2D eigenvalue weighted by Crippen LogP contribution is -2.25. The molecule has 156 valence electrons. The molecule has 30 heavy (non-hydrogen) atoms. The van der Waals surface area contributed by atoms with Crippen LogP contribution in [0.3, 0.4) is 0 Å². The molecule has 1 saturated heterocycles. The van der Waals surface area contributed by atoms with Gasteiger partial charge in [-0.15, -0.1) is 0 Å². The Morgan fingerprint density at radius 2 is 1.70 bits per heavy atom. The second kappa shape index (κ2) is 8.34. The van der Waals surface area contributed by atoms with Crippen molar-refractivity contribution >= 4 is 16.7 Å². The Hall–Kier alpha value is -3.09. The highest BCUT2D eigenvalue weighted by atomic mass is 16.7. The van der Waals surface area contributed by atoms with Crippen molar-refractivity contribution in [3.63, 3.8) is 0 Å². The van der Waals surface area contributed by atoms with Gasteiger partial charge in [0.2, 0.25) is 0 Å². The van der Waals surface area contributed by atoms with Crippen LogP contribution in [0.15, 0.2) is 60.7 Å². The van der Waals surface area contributed by atoms with Gasteiger partial charge in [-0.3, -0.25) is 0 Å². The Morgan fingerprint density at radius 1 is 1.00 bits per heavy atom. The van der Waals surface area contributed by atoms with Gasteiger partial charge in [0, 0.05) is 0 Å². The summed E-state index contributed by atoms with van der Waals surface area (Å²) in [6, 6.07) is 18.5. The normalized spacial score (nSPS) is 17.7. The van der Waals surface area contributed by atoms with Gasteiger partial charge in [0.1, 0.15) is 30.8 Å². The van der Waals surface area contributed by atoms with Crippen LogP contribution in [0.2, 0.25) is 0 Å². The molecule has 0 aliphatic carbocycles. The van der Waals surface area contributed by atoms with E-state index < -0.39 is 11.8 Å². The van der Waals surface area contributed by atoms with E-state index in [1.54, 1.807) is 12.1 Å². The SMILES string of the molecule is CC1(C)OCC(COc2ccc3cc(COc4ccc(C(=O)O)cc4)ccc3c2)O1. The van der Waals surface area contributed by atoms with Crippen molar-refractivity contribution in [2.24, 2.45) is 0 Å². The van der Waals surface area contributed by atoms with Crippen LogP contribution in [-0.4, -0.2) is 36.2 Å². The number of rotatable bonds is 7. The van der Waals surface area contributed by atoms with Gasteiger partial charge in [0.05, 0.1) is 12.2 Å². The van der Waals surface area contributed by atoms with Crippen molar-refractivity contribution in [1.29, 1.82) is 0 Å². The largest absolute Gasteiger partial charge is 0.491 e. The lowest BCUT2D eigenvalue weighted by molar-refractivity contribution is -0.141. The van der Waals surface area contributed by atoms with Crippen LogP contribution in [0.1, 0.15) is 29.8 Å². The monoisotopic (exact) mass is 408 g/mol. The highest BCUT2D eigenvalue weighted by molar-refractivity contribution is 5.87. The summed E-state index contributed by atoms with van der Waals surface area (Å²) in [6.07, 6.45) is -0.0696. The maximum absolute atomic E-state index is 10.9. The maximum Gasteiger partial charge on any atom is 0.335 e. The first-order chi connectivity index (χ1) is 14.4. The molecule has 1 fully saturated rings. The quantitative estimate of drug-likeness (QED) is 0.614. The van der Waals surface area contributed by atoms with E-state index in [1.165, 1.54) is 12.1 Å². The highest BCUT2D eigenvalue weighted by Crippen LogP contribution is 2.26. The van der Waals surface area contributed by atoms with E-state index in [0.29, 0.717) is 25.6 Å². The third-order valence-corrected chi connectivity index (χ3v) is 4.89. The zero-order chi connectivity index (χ0) is 21.1. The Morgan fingerprint density at radius 3 is 2.40 bits per heavy atom. The smallest absolute Gasteiger partial charge is 0.335 e. The first-order valence-electron chi connectivity index (χ1n) is 9.81. The molecule has 0 spiro atoms. The number of benzene rings is 3. The molecule has 0 saturated carbocycles. The summed E-state index contributed by atoms with van der Waals surface area (Å²) in [4.78, 5) is 10.9. The summed E-state index contributed by atoms with van der Waals surface area (Å²) in [5.74, 6) is -0.0791. The van der Waals surface area contributed by atoms with Crippen molar-refractivity contribution in [2.45, 2.75) is 32.3 Å². The van der Waals surface area contributed by atoms with E-state index in [2.05, 4.69) is 6.07 Å². The van der Waals surface area contributed by atoms with E-state index >= 15 is 0 Å². The summed E-state index contributed by atoms with van der Waals surface area (Å²) in [5, 5.41) is 11.1. The minimum atomic E-state index is -0.952. The number of ether oxygens (including phenoxy) is 4. The zero-order valence-corrected chi connectivity index (χ0v) is 17.0. The average Bonchev–Trinajstić information content (AvgIpc) is 3.09. The molecule has 6 heteroatoms. The van der Waals surface area contributed by atoms with Gasteiger partial charge in [-0.2, -0.15) is 0 Å². The molecule has 0 amide bonds. The average molecular weight is 408 g/mol. The molecule has 3 aromatic carbocycles. The number of fused-ring (bicyclic) bond motifs is 1. The number of carbonyl (C=O) groups is 1. The van der Waals surface area contributed by atoms with Crippen LogP contribution in [0.25, 0.3) is 10.8 Å². The molecule has 4 rings (SSSR count). The molecule has 1 heterocycles. The fourth-order valence-corrected chi connectivity index (χ4v) is 3.35. The Labute approximate surface area is 174 Å². The molecule has 0 aromatic heterocycles. The van der Waals surface area contributed by atoms with Crippen LogP contribution in [-0.2, 0) is 16.1 Å². The van der Waals surface area contributed by atoms with Gasteiger partial charge in [-0.25, -0.2) is 4.79 Å². The lowest BCUT2D eigenvalue weighted by Gasteiger charge is -2.17. The van der Waals surface area contributed by atoms with Crippen LogP contribution < -0.4 is 9.47 Å².